The molecular formula is C19H17BrClNO. The maximum Gasteiger partial charge on any atom is 0.138 e. The minimum atomic E-state index is 0.117. The van der Waals surface area contributed by atoms with Crippen molar-refractivity contribution < 1.29 is 4.74 Å². The van der Waals surface area contributed by atoms with Crippen LogP contribution in [0.4, 0.5) is 0 Å². The number of nitrogens with zero attached hydrogens (tertiary/aromatic N) is 1. The van der Waals surface area contributed by atoms with Gasteiger partial charge in [-0.15, -0.1) is 0 Å². The first kappa shape index (κ1) is 17.6. The molecule has 2 aromatic rings. The Kier molecular flexibility index (Phi) is 6.27. The van der Waals surface area contributed by atoms with Crippen molar-refractivity contribution in [3.8, 4) is 11.8 Å². The predicted octanol–water partition coefficient (Wildman–Crippen LogP) is 6.34. The van der Waals surface area contributed by atoms with E-state index in [0.717, 1.165) is 22.0 Å². The van der Waals surface area contributed by atoms with Gasteiger partial charge in [0.15, 0.2) is 0 Å². The lowest BCUT2D eigenvalue weighted by Gasteiger charge is -2.14. The number of ether oxygens (including phenoxy) is 1. The van der Waals surface area contributed by atoms with Gasteiger partial charge < -0.3 is 4.74 Å². The summed E-state index contributed by atoms with van der Waals surface area (Å²) in [5.41, 5.74) is 2.32. The molecule has 0 heterocycles. The Balaban J connectivity index is 2.29. The van der Waals surface area contributed by atoms with E-state index in [1.807, 2.05) is 55.5 Å². The van der Waals surface area contributed by atoms with Gasteiger partial charge in [0.25, 0.3) is 0 Å². The second-order valence-corrected chi connectivity index (χ2v) is 6.53. The van der Waals surface area contributed by atoms with Crippen molar-refractivity contribution in [3.63, 3.8) is 0 Å². The molecule has 0 aliphatic heterocycles. The van der Waals surface area contributed by atoms with Crippen LogP contribution in [-0.2, 0) is 0 Å². The standard InChI is InChI=1S/C19H17BrClNO/c1-3-13(2)23-19-9-4-14(11-18(19)21)10-16(12-22)15-5-7-17(20)8-6-15/h4-11,13H,3H2,1-2H3. The Morgan fingerprint density at radius 3 is 2.57 bits per heavy atom. The molecular weight excluding hydrogens is 374 g/mol. The van der Waals surface area contributed by atoms with Gasteiger partial charge in [0, 0.05) is 4.47 Å². The molecule has 0 aliphatic rings. The fourth-order valence-electron chi connectivity index (χ4n) is 1.98. The van der Waals surface area contributed by atoms with Crippen LogP contribution < -0.4 is 4.74 Å². The van der Waals surface area contributed by atoms with Crippen LogP contribution in [0.3, 0.4) is 0 Å². The molecule has 0 aliphatic carbocycles. The molecule has 23 heavy (non-hydrogen) atoms. The summed E-state index contributed by atoms with van der Waals surface area (Å²) in [5.74, 6) is 0.667. The first-order valence-corrected chi connectivity index (χ1v) is 8.54. The molecule has 0 aromatic heterocycles. The van der Waals surface area contributed by atoms with Crippen LogP contribution in [0.25, 0.3) is 11.6 Å². The summed E-state index contributed by atoms with van der Waals surface area (Å²) in [6, 6.07) is 15.4. The van der Waals surface area contributed by atoms with Gasteiger partial charge in [0.1, 0.15) is 5.75 Å². The van der Waals surface area contributed by atoms with Gasteiger partial charge in [-0.25, -0.2) is 0 Å². The number of halogens is 2. The molecule has 118 valence electrons. The fourth-order valence-corrected chi connectivity index (χ4v) is 2.48. The molecule has 4 heteroatoms. The summed E-state index contributed by atoms with van der Waals surface area (Å²) in [6.07, 6.45) is 2.86. The number of rotatable bonds is 5. The lowest BCUT2D eigenvalue weighted by atomic mass is 10.0. The average molecular weight is 391 g/mol. The maximum absolute atomic E-state index is 9.40. The van der Waals surface area contributed by atoms with Crippen molar-refractivity contribution in [1.82, 2.24) is 0 Å². The maximum atomic E-state index is 9.40. The van der Waals surface area contributed by atoms with E-state index in [0.29, 0.717) is 16.3 Å². The summed E-state index contributed by atoms with van der Waals surface area (Å²) in [7, 11) is 0. The van der Waals surface area contributed by atoms with E-state index < -0.39 is 0 Å². The molecule has 0 radical (unpaired) electrons. The van der Waals surface area contributed by atoms with E-state index in [1.165, 1.54) is 0 Å². The van der Waals surface area contributed by atoms with Crippen molar-refractivity contribution in [1.29, 1.82) is 5.26 Å². The fraction of sp³-hybridized carbons (Fsp3) is 0.211. The number of hydrogen-bond donors (Lipinski definition) is 0. The van der Waals surface area contributed by atoms with Crippen LogP contribution in [0.1, 0.15) is 31.4 Å². The molecule has 0 saturated carbocycles. The summed E-state index contributed by atoms with van der Waals surface area (Å²) >= 11 is 9.67. The molecule has 0 saturated heterocycles. The van der Waals surface area contributed by atoms with Gasteiger partial charge in [0.2, 0.25) is 0 Å². The molecule has 0 spiro atoms. The minimum absolute atomic E-state index is 0.117. The van der Waals surface area contributed by atoms with E-state index in [4.69, 9.17) is 16.3 Å². The summed E-state index contributed by atoms with van der Waals surface area (Å²) < 4.78 is 6.74. The third-order valence-corrected chi connectivity index (χ3v) is 4.27. The summed E-state index contributed by atoms with van der Waals surface area (Å²) in [6.45, 7) is 4.07. The first-order valence-electron chi connectivity index (χ1n) is 7.37. The Hall–Kier alpha value is -1.76. The summed E-state index contributed by atoms with van der Waals surface area (Å²) in [4.78, 5) is 0. The third kappa shape index (κ3) is 4.86. The van der Waals surface area contributed by atoms with Gasteiger partial charge in [0.05, 0.1) is 22.8 Å². The van der Waals surface area contributed by atoms with Crippen LogP contribution in [0.15, 0.2) is 46.9 Å². The Morgan fingerprint density at radius 1 is 1.30 bits per heavy atom. The van der Waals surface area contributed by atoms with E-state index in [-0.39, 0.29) is 6.10 Å². The van der Waals surface area contributed by atoms with Gasteiger partial charge in [-0.1, -0.05) is 52.7 Å². The Labute approximate surface area is 150 Å². The second kappa shape index (κ2) is 8.19. The van der Waals surface area contributed by atoms with E-state index >= 15 is 0 Å². The molecule has 1 unspecified atom stereocenters. The van der Waals surface area contributed by atoms with Crippen molar-refractivity contribution in [2.24, 2.45) is 0 Å². The highest BCUT2D eigenvalue weighted by atomic mass is 79.9. The van der Waals surface area contributed by atoms with Crippen molar-refractivity contribution in [2.45, 2.75) is 26.4 Å². The Bertz CT molecular complexity index is 747. The van der Waals surface area contributed by atoms with Gasteiger partial charge in [-0.2, -0.15) is 5.26 Å². The number of allylic oxidation sites excluding steroid dienone is 1. The molecule has 0 N–H and O–H groups in total. The normalized spacial score (nSPS) is 12.6. The minimum Gasteiger partial charge on any atom is -0.489 e. The third-order valence-electron chi connectivity index (χ3n) is 3.45. The zero-order valence-corrected chi connectivity index (χ0v) is 15.4. The van der Waals surface area contributed by atoms with E-state index in [1.54, 1.807) is 0 Å². The SMILES string of the molecule is CCC(C)Oc1ccc(C=C(C#N)c2ccc(Br)cc2)cc1Cl. The van der Waals surface area contributed by atoms with Crippen LogP contribution in [0.2, 0.25) is 5.02 Å². The molecule has 0 bridgehead atoms. The number of benzene rings is 2. The van der Waals surface area contributed by atoms with Crippen LogP contribution in [-0.4, -0.2) is 6.10 Å². The lowest BCUT2D eigenvalue weighted by Crippen LogP contribution is -2.09. The smallest absolute Gasteiger partial charge is 0.138 e. The molecule has 1 atom stereocenters. The molecule has 2 nitrogen and oxygen atoms in total. The topological polar surface area (TPSA) is 33.0 Å². The van der Waals surface area contributed by atoms with Gasteiger partial charge in [-0.3, -0.25) is 0 Å². The predicted molar refractivity (Wildman–Crippen MR) is 99.5 cm³/mol. The average Bonchev–Trinajstić information content (AvgIpc) is 2.55. The van der Waals surface area contributed by atoms with Crippen molar-refractivity contribution in [2.75, 3.05) is 0 Å². The lowest BCUT2D eigenvalue weighted by molar-refractivity contribution is 0.217. The summed E-state index contributed by atoms with van der Waals surface area (Å²) in [5, 5.41) is 9.95. The van der Waals surface area contributed by atoms with Crippen molar-refractivity contribution >= 4 is 39.2 Å². The largest absolute Gasteiger partial charge is 0.489 e. The van der Waals surface area contributed by atoms with Crippen LogP contribution in [0, 0.1) is 11.3 Å². The zero-order valence-electron chi connectivity index (χ0n) is 13.0. The zero-order chi connectivity index (χ0) is 16.8. The highest BCUT2D eigenvalue weighted by Gasteiger charge is 2.07. The van der Waals surface area contributed by atoms with Gasteiger partial charge in [-0.05, 0) is 54.8 Å². The molecule has 0 amide bonds. The number of hydrogen-bond acceptors (Lipinski definition) is 2. The second-order valence-electron chi connectivity index (χ2n) is 5.20. The van der Waals surface area contributed by atoms with Crippen LogP contribution >= 0.6 is 27.5 Å². The first-order chi connectivity index (χ1) is 11.0. The highest BCUT2D eigenvalue weighted by Crippen LogP contribution is 2.29. The Morgan fingerprint density at radius 2 is 2.00 bits per heavy atom. The quantitative estimate of drug-likeness (QED) is 0.440. The molecule has 2 aromatic carbocycles. The van der Waals surface area contributed by atoms with E-state index in [2.05, 4.69) is 28.9 Å². The van der Waals surface area contributed by atoms with Gasteiger partial charge >= 0.3 is 0 Å². The number of nitriles is 1. The highest BCUT2D eigenvalue weighted by molar-refractivity contribution is 9.10. The monoisotopic (exact) mass is 389 g/mol. The molecule has 2 rings (SSSR count). The van der Waals surface area contributed by atoms with Crippen LogP contribution in [0.5, 0.6) is 5.75 Å². The van der Waals surface area contributed by atoms with E-state index in [9.17, 15) is 5.26 Å². The van der Waals surface area contributed by atoms with Crippen molar-refractivity contribution in [3.05, 3.63) is 63.1 Å². The molecule has 0 fully saturated rings.